The lowest BCUT2D eigenvalue weighted by molar-refractivity contribution is 0.0716. The number of hydrogen-bond acceptors (Lipinski definition) is 4. The Morgan fingerprint density at radius 3 is 2.58 bits per heavy atom. The van der Waals surface area contributed by atoms with Crippen molar-refractivity contribution in [2.24, 2.45) is 5.10 Å². The van der Waals surface area contributed by atoms with Crippen LogP contribution < -0.4 is 5.73 Å². The number of nitrogens with zero attached hydrogens (tertiary/aromatic N) is 2. The number of thiophene rings is 1. The summed E-state index contributed by atoms with van der Waals surface area (Å²) in [5.41, 5.74) is 10.7. The summed E-state index contributed by atoms with van der Waals surface area (Å²) >= 11 is 1.44. The quantitative estimate of drug-likeness (QED) is 0.692. The third-order valence-corrected chi connectivity index (χ3v) is 5.50. The molecule has 0 fully saturated rings. The molecule has 1 atom stereocenters. The molecule has 26 heavy (non-hydrogen) atoms. The van der Waals surface area contributed by atoms with E-state index in [4.69, 9.17) is 10.8 Å². The lowest BCUT2D eigenvalue weighted by atomic mass is 9.95. The number of aryl methyl sites for hydroxylation is 1. The molecule has 130 valence electrons. The van der Waals surface area contributed by atoms with Crippen molar-refractivity contribution in [1.29, 1.82) is 0 Å². The third kappa shape index (κ3) is 3.02. The summed E-state index contributed by atoms with van der Waals surface area (Å²) in [5.74, 6) is -0.0568. The number of benzene rings is 2. The Morgan fingerprint density at radius 2 is 1.88 bits per heavy atom. The van der Waals surface area contributed by atoms with E-state index < -0.39 is 0 Å². The lowest BCUT2D eigenvalue weighted by Crippen LogP contribution is -2.26. The van der Waals surface area contributed by atoms with Crippen LogP contribution >= 0.6 is 11.3 Å². The van der Waals surface area contributed by atoms with Crippen LogP contribution in [0.25, 0.3) is 0 Å². The molecular formula is C21H19N3OS. The van der Waals surface area contributed by atoms with Crippen LogP contribution in [-0.4, -0.2) is 16.6 Å². The van der Waals surface area contributed by atoms with E-state index in [1.54, 1.807) is 5.01 Å². The molecule has 1 aromatic heterocycles. The Hall–Kier alpha value is -2.92. The van der Waals surface area contributed by atoms with Gasteiger partial charge in [-0.2, -0.15) is 5.10 Å². The largest absolute Gasteiger partial charge is 0.399 e. The average Bonchev–Trinajstić information content (AvgIpc) is 3.32. The molecule has 1 aliphatic heterocycles. The number of anilines is 1. The van der Waals surface area contributed by atoms with Gasteiger partial charge in [-0.15, -0.1) is 11.3 Å². The van der Waals surface area contributed by atoms with Gasteiger partial charge >= 0.3 is 0 Å². The van der Waals surface area contributed by atoms with Crippen molar-refractivity contribution in [3.05, 3.63) is 87.6 Å². The van der Waals surface area contributed by atoms with E-state index >= 15 is 0 Å². The summed E-state index contributed by atoms with van der Waals surface area (Å²) in [6.45, 7) is 2.07. The van der Waals surface area contributed by atoms with Crippen LogP contribution in [0.3, 0.4) is 0 Å². The van der Waals surface area contributed by atoms with Crippen LogP contribution in [0.2, 0.25) is 0 Å². The number of nitrogens with two attached hydrogens (primary N) is 1. The zero-order chi connectivity index (χ0) is 18.1. The Labute approximate surface area is 156 Å². The fourth-order valence-corrected chi connectivity index (χ4v) is 3.92. The topological polar surface area (TPSA) is 58.7 Å². The second-order valence-electron chi connectivity index (χ2n) is 6.37. The van der Waals surface area contributed by atoms with Crippen LogP contribution in [0.4, 0.5) is 5.69 Å². The number of hydrazone groups is 1. The van der Waals surface area contributed by atoms with Crippen molar-refractivity contribution < 1.29 is 4.79 Å². The Kier molecular flexibility index (Phi) is 4.31. The Balaban J connectivity index is 1.75. The van der Waals surface area contributed by atoms with Crippen molar-refractivity contribution in [2.75, 3.05) is 5.73 Å². The van der Waals surface area contributed by atoms with E-state index in [9.17, 15) is 4.79 Å². The predicted octanol–water partition coefficient (Wildman–Crippen LogP) is 4.63. The van der Waals surface area contributed by atoms with Gasteiger partial charge in [-0.3, -0.25) is 4.79 Å². The standard InChI is InChI=1S/C21H19N3OS/c1-14-5-2-3-6-17(14)19-13-18(15-8-10-16(22)11-9-15)23-24(19)21(25)20-7-4-12-26-20/h2-12,19H,13,22H2,1H3. The SMILES string of the molecule is Cc1ccccc1C1CC(c2ccc(N)cc2)=NN1C(=O)c1cccs1. The number of rotatable bonds is 3. The first kappa shape index (κ1) is 16.5. The van der Waals surface area contributed by atoms with Gasteiger partial charge in [0.05, 0.1) is 16.6 Å². The molecule has 3 aromatic rings. The third-order valence-electron chi connectivity index (χ3n) is 4.64. The molecular weight excluding hydrogens is 342 g/mol. The molecule has 1 unspecified atom stereocenters. The molecule has 1 amide bonds. The first-order valence-electron chi connectivity index (χ1n) is 8.49. The van der Waals surface area contributed by atoms with E-state index in [0.29, 0.717) is 17.0 Å². The van der Waals surface area contributed by atoms with Gasteiger partial charge in [0, 0.05) is 12.1 Å². The molecule has 0 aliphatic carbocycles. The van der Waals surface area contributed by atoms with E-state index in [-0.39, 0.29) is 11.9 Å². The molecule has 0 saturated carbocycles. The summed E-state index contributed by atoms with van der Waals surface area (Å²) in [7, 11) is 0. The molecule has 2 aromatic carbocycles. The molecule has 0 bridgehead atoms. The second kappa shape index (κ2) is 6.77. The monoisotopic (exact) mass is 361 g/mol. The van der Waals surface area contributed by atoms with Gasteiger partial charge in [0.1, 0.15) is 0 Å². The number of carbonyl (C=O) groups excluding carboxylic acids is 1. The molecule has 0 spiro atoms. The first-order chi connectivity index (χ1) is 12.6. The van der Waals surface area contributed by atoms with Crippen molar-refractivity contribution >= 4 is 28.6 Å². The van der Waals surface area contributed by atoms with Gasteiger partial charge in [0.15, 0.2) is 0 Å². The summed E-state index contributed by atoms with van der Waals surface area (Å²) in [6.07, 6.45) is 0.686. The Bertz CT molecular complexity index is 961. The minimum atomic E-state index is -0.0987. The smallest absolute Gasteiger partial charge is 0.284 e. The fraction of sp³-hybridized carbons (Fsp3) is 0.143. The van der Waals surface area contributed by atoms with Crippen LogP contribution in [0.1, 0.15) is 38.8 Å². The minimum absolute atomic E-state index is 0.0568. The number of nitrogen functional groups attached to an aromatic ring is 1. The van der Waals surface area contributed by atoms with Crippen LogP contribution in [0, 0.1) is 6.92 Å². The zero-order valence-electron chi connectivity index (χ0n) is 14.4. The van der Waals surface area contributed by atoms with Gasteiger partial charge in [0.25, 0.3) is 5.91 Å². The maximum absolute atomic E-state index is 13.0. The Morgan fingerprint density at radius 1 is 1.12 bits per heavy atom. The summed E-state index contributed by atoms with van der Waals surface area (Å²) < 4.78 is 0. The molecule has 2 N–H and O–H groups in total. The number of carbonyl (C=O) groups is 1. The zero-order valence-corrected chi connectivity index (χ0v) is 15.2. The van der Waals surface area contributed by atoms with Crippen LogP contribution in [0.5, 0.6) is 0 Å². The van der Waals surface area contributed by atoms with E-state index in [0.717, 1.165) is 22.4 Å². The maximum atomic E-state index is 13.0. The summed E-state index contributed by atoms with van der Waals surface area (Å²) in [6, 6.07) is 19.5. The molecule has 2 heterocycles. The molecule has 1 aliphatic rings. The van der Waals surface area contributed by atoms with Crippen molar-refractivity contribution in [3.63, 3.8) is 0 Å². The van der Waals surface area contributed by atoms with Gasteiger partial charge in [0.2, 0.25) is 0 Å². The highest BCUT2D eigenvalue weighted by molar-refractivity contribution is 7.12. The predicted molar refractivity (Wildman–Crippen MR) is 106 cm³/mol. The molecule has 5 heteroatoms. The summed E-state index contributed by atoms with van der Waals surface area (Å²) in [5, 5.41) is 8.26. The lowest BCUT2D eigenvalue weighted by Gasteiger charge is -2.23. The van der Waals surface area contributed by atoms with Gasteiger partial charge in [-0.1, -0.05) is 42.5 Å². The fourth-order valence-electron chi connectivity index (χ4n) is 3.26. The number of hydrogen-bond donors (Lipinski definition) is 1. The maximum Gasteiger partial charge on any atom is 0.284 e. The van der Waals surface area contributed by atoms with Crippen molar-refractivity contribution in [1.82, 2.24) is 5.01 Å². The normalized spacial score (nSPS) is 16.6. The van der Waals surface area contributed by atoms with Crippen LogP contribution in [0.15, 0.2) is 71.1 Å². The number of amides is 1. The van der Waals surface area contributed by atoms with Gasteiger partial charge < -0.3 is 5.73 Å². The summed E-state index contributed by atoms with van der Waals surface area (Å²) in [4.78, 5) is 13.7. The molecule has 0 saturated heterocycles. The van der Waals surface area contributed by atoms with E-state index in [2.05, 4.69) is 19.1 Å². The van der Waals surface area contributed by atoms with Crippen molar-refractivity contribution in [3.8, 4) is 0 Å². The molecule has 4 rings (SSSR count). The molecule has 0 radical (unpaired) electrons. The van der Waals surface area contributed by atoms with E-state index in [1.807, 2.05) is 53.9 Å². The van der Waals surface area contributed by atoms with Gasteiger partial charge in [-0.25, -0.2) is 5.01 Å². The first-order valence-corrected chi connectivity index (χ1v) is 9.37. The van der Waals surface area contributed by atoms with Gasteiger partial charge in [-0.05, 0) is 47.2 Å². The van der Waals surface area contributed by atoms with E-state index in [1.165, 1.54) is 11.3 Å². The second-order valence-corrected chi connectivity index (χ2v) is 7.32. The highest BCUT2D eigenvalue weighted by Gasteiger charge is 2.34. The molecule has 4 nitrogen and oxygen atoms in total. The highest BCUT2D eigenvalue weighted by Crippen LogP contribution is 2.36. The van der Waals surface area contributed by atoms with Crippen molar-refractivity contribution in [2.45, 2.75) is 19.4 Å². The minimum Gasteiger partial charge on any atom is -0.399 e. The van der Waals surface area contributed by atoms with Crippen LogP contribution in [-0.2, 0) is 0 Å². The highest BCUT2D eigenvalue weighted by atomic mass is 32.1. The average molecular weight is 361 g/mol.